The zero-order valence-corrected chi connectivity index (χ0v) is 13.9. The van der Waals surface area contributed by atoms with Gasteiger partial charge in [-0.2, -0.15) is 0 Å². The third-order valence-electron chi connectivity index (χ3n) is 3.25. The summed E-state index contributed by atoms with van der Waals surface area (Å²) in [6.07, 6.45) is 0. The Labute approximate surface area is 138 Å². The molecule has 124 valence electrons. The van der Waals surface area contributed by atoms with Gasteiger partial charge in [-0.25, -0.2) is 4.79 Å². The highest BCUT2D eigenvalue weighted by atomic mass is 32.2. The molecule has 0 aromatic heterocycles. The summed E-state index contributed by atoms with van der Waals surface area (Å²) < 4.78 is 5.48. The molecule has 2 N–H and O–H groups in total. The van der Waals surface area contributed by atoms with Crippen molar-refractivity contribution in [3.8, 4) is 5.75 Å². The number of hydrogen-bond acceptors (Lipinski definition) is 5. The summed E-state index contributed by atoms with van der Waals surface area (Å²) in [5, 5.41) is 4.86. The quantitative estimate of drug-likeness (QED) is 0.771. The fourth-order valence-electron chi connectivity index (χ4n) is 2.08. The molecule has 0 spiro atoms. The van der Waals surface area contributed by atoms with Crippen LogP contribution < -0.4 is 15.4 Å². The van der Waals surface area contributed by atoms with Gasteiger partial charge >= 0.3 is 6.03 Å². The van der Waals surface area contributed by atoms with Crippen molar-refractivity contribution in [2.24, 2.45) is 0 Å². The number of ether oxygens (including phenoxy) is 1. The Morgan fingerprint density at radius 1 is 1.30 bits per heavy atom. The molecule has 1 heterocycles. The molecule has 2 rings (SSSR count). The van der Waals surface area contributed by atoms with Gasteiger partial charge in [0.25, 0.3) is 5.24 Å². The number of aryl methyl sites for hydroxylation is 2. The number of nitrogens with one attached hydrogen (secondary N) is 2. The van der Waals surface area contributed by atoms with Crippen LogP contribution in [0, 0.1) is 13.8 Å². The molecule has 1 aliphatic rings. The highest BCUT2D eigenvalue weighted by molar-refractivity contribution is 8.14. The summed E-state index contributed by atoms with van der Waals surface area (Å²) in [6.45, 7) is 4.35. The normalized spacial score (nSPS) is 14.1. The molecular weight excluding hydrogens is 318 g/mol. The highest BCUT2D eigenvalue weighted by Gasteiger charge is 2.29. The maximum atomic E-state index is 11.6. The van der Waals surface area contributed by atoms with Crippen LogP contribution in [-0.4, -0.2) is 47.7 Å². The number of thioether (sulfide) groups is 1. The van der Waals surface area contributed by atoms with E-state index in [0.29, 0.717) is 5.75 Å². The number of nitrogens with zero attached hydrogens (tertiary/aromatic N) is 1. The van der Waals surface area contributed by atoms with Gasteiger partial charge in [0, 0.05) is 13.1 Å². The van der Waals surface area contributed by atoms with Crippen molar-refractivity contribution in [1.29, 1.82) is 0 Å². The van der Waals surface area contributed by atoms with E-state index in [2.05, 4.69) is 10.6 Å². The number of urea groups is 1. The molecule has 4 amide bonds. The van der Waals surface area contributed by atoms with Gasteiger partial charge < -0.3 is 15.4 Å². The minimum atomic E-state index is -0.415. The van der Waals surface area contributed by atoms with Crippen LogP contribution in [0.4, 0.5) is 9.59 Å². The molecule has 1 fully saturated rings. The smallest absolute Gasteiger partial charge is 0.317 e. The van der Waals surface area contributed by atoms with Crippen LogP contribution in [-0.2, 0) is 4.79 Å². The maximum Gasteiger partial charge on any atom is 0.317 e. The lowest BCUT2D eigenvalue weighted by molar-refractivity contribution is -0.124. The van der Waals surface area contributed by atoms with Crippen LogP contribution in [0.25, 0.3) is 0 Å². The number of rotatable bonds is 6. The zero-order chi connectivity index (χ0) is 16.8. The van der Waals surface area contributed by atoms with Crippen LogP contribution in [0.5, 0.6) is 5.75 Å². The SMILES string of the molecule is Cc1ccc(OCNC(=O)NCCN2C(=O)CSC2=O)c(C)c1. The first-order valence-corrected chi connectivity index (χ1v) is 8.15. The van der Waals surface area contributed by atoms with Gasteiger partial charge in [0.05, 0.1) is 5.75 Å². The van der Waals surface area contributed by atoms with Crippen LogP contribution in [0.2, 0.25) is 0 Å². The Hall–Kier alpha value is -2.22. The first kappa shape index (κ1) is 17.1. The van der Waals surface area contributed by atoms with Gasteiger partial charge in [0.2, 0.25) is 5.91 Å². The topological polar surface area (TPSA) is 87.7 Å². The average molecular weight is 337 g/mol. The van der Waals surface area contributed by atoms with Crippen LogP contribution in [0.1, 0.15) is 11.1 Å². The Kier molecular flexibility index (Phi) is 5.86. The molecule has 0 radical (unpaired) electrons. The van der Waals surface area contributed by atoms with E-state index in [9.17, 15) is 14.4 Å². The molecule has 1 aromatic carbocycles. The van der Waals surface area contributed by atoms with Gasteiger partial charge in [-0.3, -0.25) is 14.5 Å². The van der Waals surface area contributed by atoms with E-state index in [0.717, 1.165) is 27.8 Å². The maximum absolute atomic E-state index is 11.6. The van der Waals surface area contributed by atoms with E-state index in [4.69, 9.17) is 4.74 Å². The van der Waals surface area contributed by atoms with Crippen molar-refractivity contribution in [2.75, 3.05) is 25.6 Å². The molecule has 0 unspecified atom stereocenters. The summed E-state index contributed by atoms with van der Waals surface area (Å²) in [5.74, 6) is 0.663. The number of imide groups is 1. The summed E-state index contributed by atoms with van der Waals surface area (Å²) in [6, 6.07) is 5.37. The van der Waals surface area contributed by atoms with Crippen LogP contribution in [0.15, 0.2) is 18.2 Å². The minimum Gasteiger partial charge on any atom is -0.473 e. The average Bonchev–Trinajstić information content (AvgIpc) is 2.81. The summed E-state index contributed by atoms with van der Waals surface area (Å²) in [4.78, 5) is 35.5. The van der Waals surface area contributed by atoms with Crippen molar-refractivity contribution in [3.63, 3.8) is 0 Å². The zero-order valence-electron chi connectivity index (χ0n) is 13.0. The largest absolute Gasteiger partial charge is 0.473 e. The van der Waals surface area contributed by atoms with E-state index in [-0.39, 0.29) is 36.7 Å². The van der Waals surface area contributed by atoms with Gasteiger partial charge in [0.15, 0.2) is 6.73 Å². The molecule has 0 saturated carbocycles. The molecular formula is C15H19N3O4S. The first-order valence-electron chi connectivity index (χ1n) is 7.16. The molecule has 1 aromatic rings. The highest BCUT2D eigenvalue weighted by Crippen LogP contribution is 2.18. The minimum absolute atomic E-state index is 0.0349. The molecule has 0 aliphatic carbocycles. The van der Waals surface area contributed by atoms with E-state index < -0.39 is 6.03 Å². The van der Waals surface area contributed by atoms with Gasteiger partial charge in [-0.15, -0.1) is 0 Å². The lowest BCUT2D eigenvalue weighted by Gasteiger charge is -2.14. The predicted molar refractivity (Wildman–Crippen MR) is 87.5 cm³/mol. The summed E-state index contributed by atoms with van der Waals surface area (Å²) in [5.41, 5.74) is 2.14. The standard InChI is InChI=1S/C15H19N3O4S/c1-10-3-4-12(11(2)7-10)22-9-17-14(20)16-5-6-18-13(19)8-23-15(18)21/h3-4,7H,5-6,8-9H2,1-2H3,(H2,16,17,20). The van der Waals surface area contributed by atoms with Crippen molar-refractivity contribution < 1.29 is 19.1 Å². The number of carbonyl (C=O) groups excluding carboxylic acids is 3. The third kappa shape index (κ3) is 4.88. The Balaban J connectivity index is 1.65. The molecule has 7 nitrogen and oxygen atoms in total. The van der Waals surface area contributed by atoms with Crippen molar-refractivity contribution >= 4 is 28.9 Å². The number of carbonyl (C=O) groups is 3. The van der Waals surface area contributed by atoms with E-state index in [1.54, 1.807) is 0 Å². The number of benzene rings is 1. The van der Waals surface area contributed by atoms with Crippen molar-refractivity contribution in [3.05, 3.63) is 29.3 Å². The molecule has 1 saturated heterocycles. The Morgan fingerprint density at radius 3 is 2.74 bits per heavy atom. The molecule has 8 heteroatoms. The summed E-state index contributed by atoms with van der Waals surface area (Å²) >= 11 is 0.975. The predicted octanol–water partition coefficient (Wildman–Crippen LogP) is 1.63. The number of amides is 4. The second kappa shape index (κ2) is 7.87. The van der Waals surface area contributed by atoms with Gasteiger partial charge in [-0.05, 0) is 25.5 Å². The van der Waals surface area contributed by atoms with Crippen molar-refractivity contribution in [2.45, 2.75) is 13.8 Å². The first-order chi connectivity index (χ1) is 11.0. The molecule has 1 aliphatic heterocycles. The fraction of sp³-hybridized carbons (Fsp3) is 0.400. The molecule has 0 bridgehead atoms. The molecule has 0 atom stereocenters. The fourth-order valence-corrected chi connectivity index (χ4v) is 2.83. The van der Waals surface area contributed by atoms with Gasteiger partial charge in [-0.1, -0.05) is 29.5 Å². The van der Waals surface area contributed by atoms with Gasteiger partial charge in [0.1, 0.15) is 5.75 Å². The monoisotopic (exact) mass is 337 g/mol. The lowest BCUT2D eigenvalue weighted by atomic mass is 10.1. The Bertz CT molecular complexity index is 605. The van der Waals surface area contributed by atoms with E-state index >= 15 is 0 Å². The number of hydrogen-bond donors (Lipinski definition) is 2. The van der Waals surface area contributed by atoms with Crippen LogP contribution >= 0.6 is 11.8 Å². The second-order valence-corrected chi connectivity index (χ2v) is 6.02. The lowest BCUT2D eigenvalue weighted by Crippen LogP contribution is -2.42. The van der Waals surface area contributed by atoms with Crippen molar-refractivity contribution in [1.82, 2.24) is 15.5 Å². The van der Waals surface area contributed by atoms with E-state index in [1.165, 1.54) is 0 Å². The molecule has 23 heavy (non-hydrogen) atoms. The third-order valence-corrected chi connectivity index (χ3v) is 4.11. The summed E-state index contributed by atoms with van der Waals surface area (Å²) in [7, 11) is 0. The van der Waals surface area contributed by atoms with Crippen LogP contribution in [0.3, 0.4) is 0 Å². The van der Waals surface area contributed by atoms with E-state index in [1.807, 2.05) is 32.0 Å². The second-order valence-electron chi connectivity index (χ2n) is 5.09. The Morgan fingerprint density at radius 2 is 2.09 bits per heavy atom.